The Bertz CT molecular complexity index is 884. The molecule has 2 N–H and O–H groups in total. The number of carbonyl (C=O) groups is 3. The Balaban J connectivity index is 1.62. The van der Waals surface area contributed by atoms with Crippen LogP contribution in [-0.2, 0) is 16.0 Å². The summed E-state index contributed by atoms with van der Waals surface area (Å²) in [5.74, 6) is -2.65. The van der Waals surface area contributed by atoms with Gasteiger partial charge in [-0.3, -0.25) is 25.2 Å². The summed E-state index contributed by atoms with van der Waals surface area (Å²) in [5, 5.41) is 0. The Morgan fingerprint density at radius 3 is 2.56 bits per heavy atom. The van der Waals surface area contributed by atoms with Gasteiger partial charge in [0.15, 0.2) is 0 Å². The number of hydrogen-bond donors (Lipinski definition) is 2. The van der Waals surface area contributed by atoms with Crippen molar-refractivity contribution in [3.63, 3.8) is 0 Å². The molecule has 2 aromatic carbocycles. The highest BCUT2D eigenvalue weighted by molar-refractivity contribution is 6.01. The maximum absolute atomic E-state index is 13.6. The van der Waals surface area contributed by atoms with Gasteiger partial charge in [-0.05, 0) is 30.2 Å². The lowest BCUT2D eigenvalue weighted by atomic mass is 10.1. The number of benzene rings is 2. The van der Waals surface area contributed by atoms with E-state index < -0.39 is 23.5 Å². The summed E-state index contributed by atoms with van der Waals surface area (Å²) < 4.78 is 13.6. The van der Waals surface area contributed by atoms with Gasteiger partial charge in [0.25, 0.3) is 5.91 Å². The number of nitrogens with zero attached hydrogens (tertiary/aromatic N) is 1. The van der Waals surface area contributed by atoms with Crippen LogP contribution in [-0.4, -0.2) is 24.3 Å². The second-order valence-electron chi connectivity index (χ2n) is 6.31. The fraction of sp³-hybridized carbons (Fsp3) is 0.250. The number of hydrogen-bond acceptors (Lipinski definition) is 3. The number of aryl methyl sites for hydroxylation is 1. The van der Waals surface area contributed by atoms with E-state index in [1.165, 1.54) is 18.2 Å². The van der Waals surface area contributed by atoms with Crippen LogP contribution in [0.5, 0.6) is 0 Å². The van der Waals surface area contributed by atoms with Crippen molar-refractivity contribution >= 4 is 23.4 Å². The van der Waals surface area contributed by atoms with Crippen LogP contribution in [0.2, 0.25) is 0 Å². The monoisotopic (exact) mass is 369 g/mol. The first-order valence-corrected chi connectivity index (χ1v) is 8.74. The molecule has 1 fully saturated rings. The van der Waals surface area contributed by atoms with Crippen LogP contribution in [0.25, 0.3) is 0 Å². The number of rotatable bonds is 4. The van der Waals surface area contributed by atoms with Gasteiger partial charge in [-0.15, -0.1) is 0 Å². The van der Waals surface area contributed by atoms with Gasteiger partial charge in [0, 0.05) is 18.7 Å². The first kappa shape index (κ1) is 18.6. The van der Waals surface area contributed by atoms with Gasteiger partial charge in [-0.1, -0.05) is 37.3 Å². The zero-order valence-electron chi connectivity index (χ0n) is 14.9. The number of halogens is 1. The molecule has 6 nitrogen and oxygen atoms in total. The highest BCUT2D eigenvalue weighted by Crippen LogP contribution is 2.28. The van der Waals surface area contributed by atoms with Crippen LogP contribution in [0.1, 0.15) is 29.3 Å². The first-order valence-electron chi connectivity index (χ1n) is 8.74. The molecule has 0 aliphatic carbocycles. The molecule has 27 heavy (non-hydrogen) atoms. The third-order valence-corrected chi connectivity index (χ3v) is 4.58. The van der Waals surface area contributed by atoms with E-state index >= 15 is 0 Å². The summed E-state index contributed by atoms with van der Waals surface area (Å²) in [6.07, 6.45) is 0.828. The molecule has 1 heterocycles. The summed E-state index contributed by atoms with van der Waals surface area (Å²) in [5.41, 5.74) is 6.15. The Kier molecular flexibility index (Phi) is 5.49. The summed E-state index contributed by atoms with van der Waals surface area (Å²) in [4.78, 5) is 38.3. The number of amides is 3. The molecule has 1 unspecified atom stereocenters. The predicted molar refractivity (Wildman–Crippen MR) is 98.3 cm³/mol. The maximum Gasteiger partial charge on any atom is 0.272 e. The first-order chi connectivity index (χ1) is 13.0. The number of anilines is 1. The minimum Gasteiger partial charge on any atom is -0.311 e. The lowest BCUT2D eigenvalue weighted by Gasteiger charge is -2.20. The summed E-state index contributed by atoms with van der Waals surface area (Å²) >= 11 is 0. The molecular weight excluding hydrogens is 349 g/mol. The lowest BCUT2D eigenvalue weighted by Crippen LogP contribution is -2.45. The van der Waals surface area contributed by atoms with Crippen LogP contribution < -0.4 is 15.8 Å². The van der Waals surface area contributed by atoms with Crippen molar-refractivity contribution in [2.75, 3.05) is 11.4 Å². The summed E-state index contributed by atoms with van der Waals surface area (Å²) in [6.45, 7) is 2.24. The van der Waals surface area contributed by atoms with Gasteiger partial charge in [-0.25, -0.2) is 4.39 Å². The molecule has 140 valence electrons. The van der Waals surface area contributed by atoms with Crippen molar-refractivity contribution < 1.29 is 18.8 Å². The van der Waals surface area contributed by atoms with Crippen LogP contribution in [0.15, 0.2) is 48.5 Å². The van der Waals surface area contributed by atoms with Crippen LogP contribution in [0, 0.1) is 11.7 Å². The van der Waals surface area contributed by atoms with E-state index in [1.54, 1.807) is 4.90 Å². The Hall–Kier alpha value is -3.22. The zero-order chi connectivity index (χ0) is 19.4. The van der Waals surface area contributed by atoms with E-state index in [0.717, 1.165) is 23.7 Å². The fourth-order valence-corrected chi connectivity index (χ4v) is 3.12. The minimum absolute atomic E-state index is 0.0550. The van der Waals surface area contributed by atoms with Crippen molar-refractivity contribution in [3.8, 4) is 0 Å². The van der Waals surface area contributed by atoms with Crippen LogP contribution in [0.3, 0.4) is 0 Å². The Labute approximate surface area is 156 Å². The van der Waals surface area contributed by atoms with Crippen molar-refractivity contribution in [1.82, 2.24) is 10.9 Å². The molecule has 0 spiro atoms. The molecule has 3 amide bonds. The topological polar surface area (TPSA) is 78.5 Å². The SMILES string of the molecule is CCc1ccccc1N1CC(C(=O)NNC(=O)c2ccccc2F)CC1=O. The van der Waals surface area contributed by atoms with Gasteiger partial charge in [0.1, 0.15) is 5.82 Å². The predicted octanol–water partition coefficient (Wildman–Crippen LogP) is 2.20. The minimum atomic E-state index is -0.751. The molecule has 1 aliphatic rings. The van der Waals surface area contributed by atoms with E-state index in [4.69, 9.17) is 0 Å². The van der Waals surface area contributed by atoms with Crippen LogP contribution in [0.4, 0.5) is 10.1 Å². The van der Waals surface area contributed by atoms with Crippen molar-refractivity contribution in [3.05, 3.63) is 65.5 Å². The van der Waals surface area contributed by atoms with E-state index in [9.17, 15) is 18.8 Å². The highest BCUT2D eigenvalue weighted by atomic mass is 19.1. The maximum atomic E-state index is 13.6. The molecule has 0 radical (unpaired) electrons. The number of para-hydroxylation sites is 1. The lowest BCUT2D eigenvalue weighted by molar-refractivity contribution is -0.126. The molecule has 3 rings (SSSR count). The summed E-state index contributed by atoms with van der Waals surface area (Å²) in [7, 11) is 0. The third-order valence-electron chi connectivity index (χ3n) is 4.58. The Morgan fingerprint density at radius 1 is 1.11 bits per heavy atom. The van der Waals surface area contributed by atoms with Crippen molar-refractivity contribution in [2.24, 2.45) is 5.92 Å². The number of nitrogens with one attached hydrogen (secondary N) is 2. The molecule has 2 aromatic rings. The largest absolute Gasteiger partial charge is 0.311 e. The third kappa shape index (κ3) is 3.97. The Morgan fingerprint density at radius 2 is 1.81 bits per heavy atom. The number of carbonyl (C=O) groups excluding carboxylic acids is 3. The zero-order valence-corrected chi connectivity index (χ0v) is 14.9. The van der Waals surface area contributed by atoms with Gasteiger partial charge in [0.2, 0.25) is 11.8 Å². The summed E-state index contributed by atoms with van der Waals surface area (Å²) in [6, 6.07) is 13.0. The van der Waals surface area contributed by atoms with Gasteiger partial charge in [-0.2, -0.15) is 0 Å². The average molecular weight is 369 g/mol. The highest BCUT2D eigenvalue weighted by Gasteiger charge is 2.36. The molecule has 1 aliphatic heterocycles. The van der Waals surface area contributed by atoms with Gasteiger partial charge >= 0.3 is 0 Å². The molecule has 1 atom stereocenters. The molecule has 7 heteroatoms. The number of hydrazine groups is 1. The smallest absolute Gasteiger partial charge is 0.272 e. The van der Waals surface area contributed by atoms with E-state index in [1.807, 2.05) is 31.2 Å². The normalized spacial score (nSPS) is 16.3. The van der Waals surface area contributed by atoms with Crippen LogP contribution >= 0.6 is 0 Å². The fourth-order valence-electron chi connectivity index (χ4n) is 3.12. The van der Waals surface area contributed by atoms with Gasteiger partial charge in [0.05, 0.1) is 11.5 Å². The second-order valence-corrected chi connectivity index (χ2v) is 6.31. The molecule has 0 aromatic heterocycles. The van der Waals surface area contributed by atoms with E-state index in [-0.39, 0.29) is 24.4 Å². The van der Waals surface area contributed by atoms with Crippen molar-refractivity contribution in [2.45, 2.75) is 19.8 Å². The van der Waals surface area contributed by atoms with Gasteiger partial charge < -0.3 is 4.90 Å². The van der Waals surface area contributed by atoms with E-state index in [0.29, 0.717) is 0 Å². The molecule has 0 saturated carbocycles. The standard InChI is InChI=1S/C20H20FN3O3/c1-2-13-7-3-6-10-17(13)24-12-14(11-18(24)25)19(26)22-23-20(27)15-8-4-5-9-16(15)21/h3-10,14H,2,11-12H2,1H3,(H,22,26)(H,23,27). The average Bonchev–Trinajstić information content (AvgIpc) is 3.07. The van der Waals surface area contributed by atoms with E-state index in [2.05, 4.69) is 10.9 Å². The quantitative estimate of drug-likeness (QED) is 0.811. The molecule has 1 saturated heterocycles. The molecular formula is C20H20FN3O3. The van der Waals surface area contributed by atoms with Crippen molar-refractivity contribution in [1.29, 1.82) is 0 Å². The second kappa shape index (κ2) is 7.99. The molecule has 0 bridgehead atoms.